The Morgan fingerprint density at radius 3 is 3.14 bits per heavy atom. The second-order valence-electron chi connectivity index (χ2n) is 6.18. The van der Waals surface area contributed by atoms with E-state index in [9.17, 15) is 4.79 Å². The number of nitrogens with zero attached hydrogens (tertiary/aromatic N) is 1. The first kappa shape index (κ1) is 14.6. The van der Waals surface area contributed by atoms with Crippen LogP contribution in [0, 0.1) is 0 Å². The molecule has 116 valence electrons. The predicted octanol–water partition coefficient (Wildman–Crippen LogP) is 1.50. The van der Waals surface area contributed by atoms with E-state index < -0.39 is 0 Å². The van der Waals surface area contributed by atoms with Gasteiger partial charge in [0.05, 0.1) is 18.8 Å². The molecule has 0 aliphatic carbocycles. The Labute approximate surface area is 126 Å². The van der Waals surface area contributed by atoms with Gasteiger partial charge in [-0.15, -0.1) is 0 Å². The molecule has 1 amide bonds. The second kappa shape index (κ2) is 6.62. The minimum absolute atomic E-state index is 0.0423. The first-order valence-electron chi connectivity index (χ1n) is 8.04. The fourth-order valence-corrected chi connectivity index (χ4v) is 3.58. The monoisotopic (exact) mass is 291 g/mol. The topological polar surface area (TPSA) is 57.5 Å². The van der Waals surface area contributed by atoms with Crippen LogP contribution in [0.15, 0.2) is 22.8 Å². The van der Waals surface area contributed by atoms with E-state index >= 15 is 0 Å². The van der Waals surface area contributed by atoms with E-state index in [2.05, 4.69) is 15.5 Å². The lowest BCUT2D eigenvalue weighted by Crippen LogP contribution is -2.51. The van der Waals surface area contributed by atoms with Gasteiger partial charge in [-0.3, -0.25) is 9.69 Å². The number of carbonyl (C=O) groups is 1. The molecule has 2 N–H and O–H groups in total. The summed E-state index contributed by atoms with van der Waals surface area (Å²) in [4.78, 5) is 14.7. The van der Waals surface area contributed by atoms with Gasteiger partial charge in [-0.2, -0.15) is 0 Å². The molecule has 0 aromatic carbocycles. The molecular weight excluding hydrogens is 266 g/mol. The summed E-state index contributed by atoms with van der Waals surface area (Å²) in [5.41, 5.74) is 0. The van der Waals surface area contributed by atoms with Crippen LogP contribution in [0.2, 0.25) is 0 Å². The molecule has 2 saturated heterocycles. The molecule has 0 saturated carbocycles. The van der Waals surface area contributed by atoms with E-state index in [4.69, 9.17) is 4.42 Å². The van der Waals surface area contributed by atoms with Gasteiger partial charge in [0.15, 0.2) is 0 Å². The quantitative estimate of drug-likeness (QED) is 0.863. The van der Waals surface area contributed by atoms with Gasteiger partial charge in [-0.25, -0.2) is 0 Å². The average Bonchev–Trinajstić information content (AvgIpc) is 3.15. The van der Waals surface area contributed by atoms with E-state index in [1.165, 1.54) is 32.4 Å². The highest BCUT2D eigenvalue weighted by atomic mass is 16.3. The molecule has 0 bridgehead atoms. The van der Waals surface area contributed by atoms with Crippen LogP contribution in [0.25, 0.3) is 0 Å². The van der Waals surface area contributed by atoms with E-state index in [0.717, 1.165) is 12.2 Å². The van der Waals surface area contributed by atoms with Gasteiger partial charge in [0.25, 0.3) is 0 Å². The molecule has 5 nitrogen and oxygen atoms in total. The summed E-state index contributed by atoms with van der Waals surface area (Å²) in [5.74, 6) is 0.829. The smallest absolute Gasteiger partial charge is 0.237 e. The lowest BCUT2D eigenvalue weighted by molar-refractivity contribution is -0.123. The number of piperidine rings is 1. The third-order valence-electron chi connectivity index (χ3n) is 4.73. The minimum atomic E-state index is -0.160. The molecule has 0 spiro atoms. The Bertz CT molecular complexity index is 460. The van der Waals surface area contributed by atoms with Crippen molar-refractivity contribution in [3.63, 3.8) is 0 Å². The van der Waals surface area contributed by atoms with Crippen molar-refractivity contribution >= 4 is 5.91 Å². The van der Waals surface area contributed by atoms with Gasteiger partial charge >= 0.3 is 0 Å². The zero-order valence-corrected chi connectivity index (χ0v) is 12.7. The third-order valence-corrected chi connectivity index (χ3v) is 4.73. The number of hydrogen-bond donors (Lipinski definition) is 2. The van der Waals surface area contributed by atoms with Crippen LogP contribution in [-0.2, 0) is 11.3 Å². The lowest BCUT2D eigenvalue weighted by Gasteiger charge is -2.33. The van der Waals surface area contributed by atoms with Crippen LogP contribution in [0.3, 0.4) is 0 Å². The van der Waals surface area contributed by atoms with Crippen molar-refractivity contribution in [1.29, 1.82) is 0 Å². The van der Waals surface area contributed by atoms with Crippen molar-refractivity contribution in [3.05, 3.63) is 24.2 Å². The molecule has 1 aromatic heterocycles. The Kier molecular flexibility index (Phi) is 4.60. The number of furan rings is 1. The van der Waals surface area contributed by atoms with Crippen LogP contribution >= 0.6 is 0 Å². The van der Waals surface area contributed by atoms with Gasteiger partial charge in [0.1, 0.15) is 5.76 Å². The highest BCUT2D eigenvalue weighted by Crippen LogP contribution is 2.27. The summed E-state index contributed by atoms with van der Waals surface area (Å²) in [6.07, 6.45) is 6.68. The summed E-state index contributed by atoms with van der Waals surface area (Å²) in [6, 6.07) is 4.62. The van der Waals surface area contributed by atoms with Crippen molar-refractivity contribution < 1.29 is 9.21 Å². The van der Waals surface area contributed by atoms with Gasteiger partial charge < -0.3 is 15.1 Å². The van der Waals surface area contributed by atoms with Crippen molar-refractivity contribution in [2.24, 2.45) is 0 Å². The summed E-state index contributed by atoms with van der Waals surface area (Å²) < 4.78 is 5.23. The van der Waals surface area contributed by atoms with Crippen LogP contribution in [0.5, 0.6) is 0 Å². The molecule has 2 aliphatic rings. The van der Waals surface area contributed by atoms with Gasteiger partial charge in [0, 0.05) is 18.6 Å². The van der Waals surface area contributed by atoms with E-state index in [1.54, 1.807) is 6.26 Å². The van der Waals surface area contributed by atoms with Gasteiger partial charge in [-0.1, -0.05) is 6.42 Å². The highest BCUT2D eigenvalue weighted by Gasteiger charge is 2.36. The van der Waals surface area contributed by atoms with Crippen molar-refractivity contribution in [2.75, 3.05) is 13.1 Å². The van der Waals surface area contributed by atoms with E-state index in [0.29, 0.717) is 18.6 Å². The maximum atomic E-state index is 12.2. The summed E-state index contributed by atoms with van der Waals surface area (Å²) in [6.45, 7) is 4.80. The molecule has 3 atom stereocenters. The maximum absolute atomic E-state index is 12.2. The van der Waals surface area contributed by atoms with Crippen LogP contribution in [0.4, 0.5) is 0 Å². The predicted molar refractivity (Wildman–Crippen MR) is 80.8 cm³/mol. The molecular formula is C16H25N3O2. The van der Waals surface area contributed by atoms with Crippen LogP contribution in [-0.4, -0.2) is 42.0 Å². The molecule has 3 rings (SSSR count). The minimum Gasteiger partial charge on any atom is -0.467 e. The molecule has 2 aliphatic heterocycles. The second-order valence-corrected chi connectivity index (χ2v) is 6.18. The number of rotatable bonds is 5. The standard InChI is InChI=1S/C16H25N3O2/c1-12(16(20)17-11-13-5-4-10-21-13)18-14-7-9-19-8-3-2-6-15(14)19/h4-5,10,12,14-15,18H,2-3,6-9,11H2,1H3,(H,17,20). The molecule has 3 unspecified atom stereocenters. The Hall–Kier alpha value is -1.33. The Morgan fingerprint density at radius 2 is 2.33 bits per heavy atom. The fraction of sp³-hybridized carbons (Fsp3) is 0.688. The number of carbonyl (C=O) groups excluding carboxylic acids is 1. The molecule has 1 aromatic rings. The average molecular weight is 291 g/mol. The Morgan fingerprint density at radius 1 is 1.43 bits per heavy atom. The first-order valence-corrected chi connectivity index (χ1v) is 8.04. The number of amides is 1. The molecule has 0 radical (unpaired) electrons. The molecule has 21 heavy (non-hydrogen) atoms. The normalized spacial score (nSPS) is 27.3. The lowest BCUT2D eigenvalue weighted by atomic mass is 9.98. The SMILES string of the molecule is CC(NC1CCN2CCCCC12)C(=O)NCc1ccco1. The van der Waals surface area contributed by atoms with E-state index in [1.807, 2.05) is 19.1 Å². The molecule has 2 fully saturated rings. The fourth-order valence-electron chi connectivity index (χ4n) is 3.58. The molecule has 3 heterocycles. The highest BCUT2D eigenvalue weighted by molar-refractivity contribution is 5.81. The maximum Gasteiger partial charge on any atom is 0.237 e. The van der Waals surface area contributed by atoms with Crippen molar-refractivity contribution in [3.8, 4) is 0 Å². The van der Waals surface area contributed by atoms with Crippen molar-refractivity contribution in [1.82, 2.24) is 15.5 Å². The number of fused-ring (bicyclic) bond motifs is 1. The summed E-state index contributed by atoms with van der Waals surface area (Å²) >= 11 is 0. The largest absolute Gasteiger partial charge is 0.467 e. The van der Waals surface area contributed by atoms with Crippen LogP contribution in [0.1, 0.15) is 38.4 Å². The van der Waals surface area contributed by atoms with Gasteiger partial charge in [-0.05, 0) is 44.9 Å². The molecule has 5 heteroatoms. The van der Waals surface area contributed by atoms with Crippen LogP contribution < -0.4 is 10.6 Å². The number of nitrogens with one attached hydrogen (secondary N) is 2. The zero-order chi connectivity index (χ0) is 14.7. The summed E-state index contributed by atoms with van der Waals surface area (Å²) in [5, 5.41) is 6.45. The van der Waals surface area contributed by atoms with Crippen molar-refractivity contribution in [2.45, 2.75) is 57.3 Å². The Balaban J connectivity index is 1.46. The summed E-state index contributed by atoms with van der Waals surface area (Å²) in [7, 11) is 0. The van der Waals surface area contributed by atoms with E-state index in [-0.39, 0.29) is 11.9 Å². The van der Waals surface area contributed by atoms with Gasteiger partial charge in [0.2, 0.25) is 5.91 Å². The first-order chi connectivity index (χ1) is 10.2. The number of hydrogen-bond acceptors (Lipinski definition) is 4. The third kappa shape index (κ3) is 3.47. The zero-order valence-electron chi connectivity index (χ0n) is 12.7.